The van der Waals surface area contributed by atoms with Gasteiger partial charge in [0.25, 0.3) is 5.91 Å². The van der Waals surface area contributed by atoms with Gasteiger partial charge in [-0.2, -0.15) is 0 Å². The normalized spacial score (nSPS) is 23.8. The van der Waals surface area contributed by atoms with Crippen LogP contribution in [0.4, 0.5) is 0 Å². The summed E-state index contributed by atoms with van der Waals surface area (Å²) in [7, 11) is 1.70. The Balaban J connectivity index is 2.00. The lowest BCUT2D eigenvalue weighted by atomic mass is 10.1. The van der Waals surface area contributed by atoms with Crippen molar-refractivity contribution in [1.82, 2.24) is 10.2 Å². The van der Waals surface area contributed by atoms with Crippen LogP contribution in [0.15, 0.2) is 30.3 Å². The molecule has 1 aromatic carbocycles. The van der Waals surface area contributed by atoms with Crippen LogP contribution < -0.4 is 5.32 Å². The highest BCUT2D eigenvalue weighted by Crippen LogP contribution is 2.16. The summed E-state index contributed by atoms with van der Waals surface area (Å²) in [6.07, 6.45) is 0.0649. The highest BCUT2D eigenvalue weighted by Gasteiger charge is 2.34. The topological polar surface area (TPSA) is 41.6 Å². The SMILES string of the molecule is COC1CN(C(C)C)CC1NC(=O)c1ccccc1. The van der Waals surface area contributed by atoms with Gasteiger partial charge in [0.2, 0.25) is 0 Å². The minimum absolute atomic E-state index is 0.0294. The maximum atomic E-state index is 12.2. The summed E-state index contributed by atoms with van der Waals surface area (Å²) in [5, 5.41) is 3.08. The Labute approximate surface area is 114 Å². The van der Waals surface area contributed by atoms with Gasteiger partial charge in [0, 0.05) is 31.8 Å². The predicted octanol–water partition coefficient (Wildman–Crippen LogP) is 1.52. The largest absolute Gasteiger partial charge is 0.378 e. The third-order valence-corrected chi connectivity index (χ3v) is 3.68. The molecule has 0 aliphatic carbocycles. The Hall–Kier alpha value is -1.39. The molecule has 2 atom stereocenters. The number of carbonyl (C=O) groups is 1. The molecule has 0 aromatic heterocycles. The van der Waals surface area contributed by atoms with Crippen molar-refractivity contribution >= 4 is 5.91 Å². The second-order valence-electron chi connectivity index (χ2n) is 5.27. The molecule has 19 heavy (non-hydrogen) atoms. The van der Waals surface area contributed by atoms with E-state index in [1.165, 1.54) is 0 Å². The first kappa shape index (κ1) is 14.0. The molecule has 0 spiro atoms. The van der Waals surface area contributed by atoms with Crippen molar-refractivity contribution in [2.24, 2.45) is 0 Å². The first-order chi connectivity index (χ1) is 9.11. The molecular weight excluding hydrogens is 240 g/mol. The zero-order chi connectivity index (χ0) is 13.8. The minimum atomic E-state index is -0.0294. The smallest absolute Gasteiger partial charge is 0.251 e. The third-order valence-electron chi connectivity index (χ3n) is 3.68. The fourth-order valence-electron chi connectivity index (χ4n) is 2.44. The molecule has 104 valence electrons. The van der Waals surface area contributed by atoms with Gasteiger partial charge in [-0.3, -0.25) is 9.69 Å². The van der Waals surface area contributed by atoms with Crippen molar-refractivity contribution in [3.63, 3.8) is 0 Å². The van der Waals surface area contributed by atoms with Crippen LogP contribution in [-0.2, 0) is 4.74 Å². The molecule has 1 saturated heterocycles. The van der Waals surface area contributed by atoms with Gasteiger partial charge in [0.1, 0.15) is 0 Å². The van der Waals surface area contributed by atoms with E-state index in [1.54, 1.807) is 7.11 Å². The van der Waals surface area contributed by atoms with Gasteiger partial charge in [0.05, 0.1) is 12.1 Å². The third kappa shape index (κ3) is 3.33. The van der Waals surface area contributed by atoms with Gasteiger partial charge >= 0.3 is 0 Å². The highest BCUT2D eigenvalue weighted by atomic mass is 16.5. The number of benzene rings is 1. The van der Waals surface area contributed by atoms with Crippen molar-refractivity contribution in [2.75, 3.05) is 20.2 Å². The Morgan fingerprint density at radius 1 is 1.32 bits per heavy atom. The molecule has 2 rings (SSSR count). The first-order valence-electron chi connectivity index (χ1n) is 6.74. The standard InChI is InChI=1S/C15H22N2O2/c1-11(2)17-9-13(14(10-17)19-3)16-15(18)12-7-5-4-6-8-12/h4-8,11,13-14H,9-10H2,1-3H3,(H,16,18). The Morgan fingerprint density at radius 2 is 2.00 bits per heavy atom. The molecule has 1 fully saturated rings. The number of amides is 1. The molecule has 1 aromatic rings. The monoisotopic (exact) mass is 262 g/mol. The lowest BCUT2D eigenvalue weighted by Gasteiger charge is -2.20. The molecule has 1 amide bonds. The number of ether oxygens (including phenoxy) is 1. The Morgan fingerprint density at radius 3 is 2.58 bits per heavy atom. The summed E-state index contributed by atoms with van der Waals surface area (Å²) in [6.45, 7) is 6.03. The molecule has 4 nitrogen and oxygen atoms in total. The molecule has 1 heterocycles. The van der Waals surface area contributed by atoms with Gasteiger partial charge in [-0.1, -0.05) is 18.2 Å². The average molecular weight is 262 g/mol. The molecule has 1 aliphatic heterocycles. The Bertz CT molecular complexity index is 419. The van der Waals surface area contributed by atoms with Crippen molar-refractivity contribution in [2.45, 2.75) is 32.0 Å². The van der Waals surface area contributed by atoms with Crippen LogP contribution in [-0.4, -0.2) is 49.2 Å². The number of carbonyl (C=O) groups excluding carboxylic acids is 1. The quantitative estimate of drug-likeness (QED) is 0.894. The second kappa shape index (κ2) is 6.17. The highest BCUT2D eigenvalue weighted by molar-refractivity contribution is 5.94. The Kier molecular flexibility index (Phi) is 4.56. The number of nitrogens with zero attached hydrogens (tertiary/aromatic N) is 1. The van der Waals surface area contributed by atoms with E-state index in [9.17, 15) is 4.79 Å². The summed E-state index contributed by atoms with van der Waals surface area (Å²) >= 11 is 0. The van der Waals surface area contributed by atoms with Crippen molar-refractivity contribution < 1.29 is 9.53 Å². The van der Waals surface area contributed by atoms with E-state index in [1.807, 2.05) is 30.3 Å². The first-order valence-corrected chi connectivity index (χ1v) is 6.74. The summed E-state index contributed by atoms with van der Waals surface area (Å²) < 4.78 is 5.48. The van der Waals surface area contributed by atoms with Gasteiger partial charge in [-0.15, -0.1) is 0 Å². The van der Waals surface area contributed by atoms with Crippen LogP contribution in [0.1, 0.15) is 24.2 Å². The lowest BCUT2D eigenvalue weighted by Crippen LogP contribution is -2.43. The second-order valence-corrected chi connectivity index (χ2v) is 5.27. The summed E-state index contributed by atoms with van der Waals surface area (Å²) in [6, 6.07) is 9.83. The van der Waals surface area contributed by atoms with Crippen LogP contribution in [0.2, 0.25) is 0 Å². The number of methoxy groups -OCH3 is 1. The minimum Gasteiger partial charge on any atom is -0.378 e. The van der Waals surface area contributed by atoms with Gasteiger partial charge < -0.3 is 10.1 Å². The van der Waals surface area contributed by atoms with Crippen molar-refractivity contribution in [3.05, 3.63) is 35.9 Å². The summed E-state index contributed by atoms with van der Waals surface area (Å²) in [5.41, 5.74) is 0.695. The molecule has 0 radical (unpaired) electrons. The molecule has 4 heteroatoms. The average Bonchev–Trinajstić information content (AvgIpc) is 2.83. The van der Waals surface area contributed by atoms with E-state index in [0.717, 1.165) is 13.1 Å². The number of nitrogens with one attached hydrogen (secondary N) is 1. The van der Waals surface area contributed by atoms with Crippen LogP contribution in [0.25, 0.3) is 0 Å². The maximum absolute atomic E-state index is 12.2. The molecule has 2 unspecified atom stereocenters. The molecule has 0 saturated carbocycles. The number of hydrogen-bond donors (Lipinski definition) is 1. The van der Waals surface area contributed by atoms with E-state index in [-0.39, 0.29) is 18.1 Å². The molecule has 1 aliphatic rings. The van der Waals surface area contributed by atoms with Gasteiger partial charge in [-0.25, -0.2) is 0 Å². The van der Waals surface area contributed by atoms with Gasteiger partial charge in [-0.05, 0) is 26.0 Å². The summed E-state index contributed by atoms with van der Waals surface area (Å²) in [5.74, 6) is -0.0294. The zero-order valence-electron chi connectivity index (χ0n) is 11.8. The zero-order valence-corrected chi connectivity index (χ0v) is 11.8. The lowest BCUT2D eigenvalue weighted by molar-refractivity contribution is 0.0753. The molecule has 0 bridgehead atoms. The number of likely N-dealkylation sites (tertiary alicyclic amines) is 1. The van der Waals surface area contributed by atoms with Gasteiger partial charge in [0.15, 0.2) is 0 Å². The van der Waals surface area contributed by atoms with Crippen LogP contribution in [0, 0.1) is 0 Å². The van der Waals surface area contributed by atoms with E-state index < -0.39 is 0 Å². The van der Waals surface area contributed by atoms with Crippen LogP contribution in [0.3, 0.4) is 0 Å². The number of hydrogen-bond acceptors (Lipinski definition) is 3. The van der Waals surface area contributed by atoms with Crippen molar-refractivity contribution in [3.8, 4) is 0 Å². The predicted molar refractivity (Wildman–Crippen MR) is 75.2 cm³/mol. The summed E-state index contributed by atoms with van der Waals surface area (Å²) in [4.78, 5) is 14.5. The van der Waals surface area contributed by atoms with Crippen molar-refractivity contribution in [1.29, 1.82) is 0 Å². The van der Waals surface area contributed by atoms with Crippen LogP contribution in [0.5, 0.6) is 0 Å². The fourth-order valence-corrected chi connectivity index (χ4v) is 2.44. The van der Waals surface area contributed by atoms with E-state index in [4.69, 9.17) is 4.74 Å². The molecular formula is C15H22N2O2. The fraction of sp³-hybridized carbons (Fsp3) is 0.533. The molecule has 1 N–H and O–H groups in total. The maximum Gasteiger partial charge on any atom is 0.251 e. The number of rotatable bonds is 4. The van der Waals surface area contributed by atoms with E-state index >= 15 is 0 Å². The van der Waals surface area contributed by atoms with E-state index in [2.05, 4.69) is 24.1 Å². The van der Waals surface area contributed by atoms with Crippen LogP contribution >= 0.6 is 0 Å². The van der Waals surface area contributed by atoms with E-state index in [0.29, 0.717) is 11.6 Å².